The van der Waals surface area contributed by atoms with E-state index in [0.29, 0.717) is 15.9 Å². The van der Waals surface area contributed by atoms with E-state index in [0.717, 1.165) is 16.6 Å². The number of rotatable bonds is 2. The molecule has 0 aliphatic rings. The van der Waals surface area contributed by atoms with E-state index in [1.54, 1.807) is 10.6 Å². The van der Waals surface area contributed by atoms with Crippen LogP contribution in [0.15, 0.2) is 30.3 Å². The van der Waals surface area contributed by atoms with Gasteiger partial charge in [-0.05, 0) is 23.8 Å². The van der Waals surface area contributed by atoms with Crippen LogP contribution in [0.1, 0.15) is 11.3 Å². The summed E-state index contributed by atoms with van der Waals surface area (Å²) in [6.45, 7) is 0. The zero-order chi connectivity index (χ0) is 12.4. The second-order valence-electron chi connectivity index (χ2n) is 3.41. The molecule has 86 valence electrons. The minimum Gasteiger partial charge on any atom is -0.290 e. The Bertz CT molecular complexity index is 582. The molecule has 0 bridgehead atoms. The molecular weight excluding hydrogens is 323 g/mol. The summed E-state index contributed by atoms with van der Waals surface area (Å²) in [6.07, 6.45) is 0. The first-order valence-electron chi connectivity index (χ1n) is 4.79. The van der Waals surface area contributed by atoms with Gasteiger partial charge in [0.15, 0.2) is 0 Å². The third-order valence-corrected chi connectivity index (χ3v) is 3.58. The third kappa shape index (κ3) is 2.35. The van der Waals surface area contributed by atoms with Crippen LogP contribution >= 0.6 is 39.1 Å². The smallest absolute Gasteiger partial charge is 0.144 e. The minimum atomic E-state index is 0.350. The standard InChI is InChI=1S/C12H7BrCl2N2/c13-6-8-1-3-9(4-2-8)17-11(7-16)10(14)5-12(17)15/h1-5H,6H2. The zero-order valence-electron chi connectivity index (χ0n) is 8.62. The highest BCUT2D eigenvalue weighted by Crippen LogP contribution is 2.28. The fourth-order valence-electron chi connectivity index (χ4n) is 1.54. The number of benzene rings is 1. The lowest BCUT2D eigenvalue weighted by Crippen LogP contribution is -1.97. The van der Waals surface area contributed by atoms with Crippen molar-refractivity contribution in [2.24, 2.45) is 0 Å². The molecule has 0 N–H and O–H groups in total. The Morgan fingerprint density at radius 2 is 1.88 bits per heavy atom. The van der Waals surface area contributed by atoms with Crippen LogP contribution < -0.4 is 0 Å². The maximum absolute atomic E-state index is 9.05. The van der Waals surface area contributed by atoms with E-state index in [4.69, 9.17) is 28.5 Å². The SMILES string of the molecule is N#Cc1c(Cl)cc(Cl)n1-c1ccc(CBr)cc1. The van der Waals surface area contributed by atoms with Crippen molar-refractivity contribution in [2.45, 2.75) is 5.33 Å². The van der Waals surface area contributed by atoms with E-state index in [1.165, 1.54) is 0 Å². The number of nitriles is 1. The number of nitrogens with zero attached hydrogens (tertiary/aromatic N) is 2. The van der Waals surface area contributed by atoms with Gasteiger partial charge >= 0.3 is 0 Å². The molecule has 2 nitrogen and oxygen atoms in total. The average molecular weight is 330 g/mol. The van der Waals surface area contributed by atoms with Crippen LogP contribution in [0, 0.1) is 11.3 Å². The molecule has 0 saturated heterocycles. The van der Waals surface area contributed by atoms with Crippen molar-refractivity contribution in [1.29, 1.82) is 5.26 Å². The van der Waals surface area contributed by atoms with E-state index in [9.17, 15) is 0 Å². The van der Waals surface area contributed by atoms with Crippen LogP contribution in [0.3, 0.4) is 0 Å². The summed E-state index contributed by atoms with van der Waals surface area (Å²) in [7, 11) is 0. The summed E-state index contributed by atoms with van der Waals surface area (Å²) in [4.78, 5) is 0. The van der Waals surface area contributed by atoms with Gasteiger partial charge in [-0.1, -0.05) is 51.3 Å². The molecule has 1 aromatic carbocycles. The summed E-state index contributed by atoms with van der Waals surface area (Å²) in [6, 6.07) is 11.4. The molecule has 2 aromatic rings. The van der Waals surface area contributed by atoms with E-state index >= 15 is 0 Å². The number of hydrogen-bond donors (Lipinski definition) is 0. The molecule has 2 rings (SSSR count). The fraction of sp³-hybridized carbons (Fsp3) is 0.0833. The quantitative estimate of drug-likeness (QED) is 0.743. The minimum absolute atomic E-state index is 0.350. The Morgan fingerprint density at radius 1 is 1.24 bits per heavy atom. The van der Waals surface area contributed by atoms with Crippen LogP contribution in [-0.4, -0.2) is 4.57 Å². The molecule has 5 heteroatoms. The monoisotopic (exact) mass is 328 g/mol. The van der Waals surface area contributed by atoms with E-state index in [-0.39, 0.29) is 0 Å². The second kappa shape index (κ2) is 5.14. The maximum atomic E-state index is 9.05. The second-order valence-corrected chi connectivity index (χ2v) is 4.77. The van der Waals surface area contributed by atoms with Crippen molar-refractivity contribution in [1.82, 2.24) is 4.57 Å². The Kier molecular flexibility index (Phi) is 3.78. The number of aromatic nitrogens is 1. The van der Waals surface area contributed by atoms with Crippen molar-refractivity contribution in [3.63, 3.8) is 0 Å². The van der Waals surface area contributed by atoms with Crippen molar-refractivity contribution in [2.75, 3.05) is 0 Å². The first-order chi connectivity index (χ1) is 8.17. The first kappa shape index (κ1) is 12.5. The third-order valence-electron chi connectivity index (χ3n) is 2.36. The van der Waals surface area contributed by atoms with Gasteiger partial charge in [-0.25, -0.2) is 0 Å². The number of halogens is 3. The van der Waals surface area contributed by atoms with Crippen molar-refractivity contribution < 1.29 is 0 Å². The van der Waals surface area contributed by atoms with Crippen LogP contribution in [0.25, 0.3) is 5.69 Å². The van der Waals surface area contributed by atoms with E-state index in [1.807, 2.05) is 30.3 Å². The van der Waals surface area contributed by atoms with Gasteiger partial charge in [0.25, 0.3) is 0 Å². The lowest BCUT2D eigenvalue weighted by Gasteiger charge is -2.07. The van der Waals surface area contributed by atoms with Gasteiger partial charge in [0.2, 0.25) is 0 Å². The van der Waals surface area contributed by atoms with Crippen molar-refractivity contribution in [3.8, 4) is 11.8 Å². The molecule has 0 radical (unpaired) electrons. The highest BCUT2D eigenvalue weighted by Gasteiger charge is 2.13. The predicted molar refractivity (Wildman–Crippen MR) is 73.1 cm³/mol. The Hall–Kier alpha value is -0.950. The van der Waals surface area contributed by atoms with Crippen LogP contribution in [0.5, 0.6) is 0 Å². The summed E-state index contributed by atoms with van der Waals surface area (Å²) in [5.74, 6) is 0. The number of alkyl halides is 1. The summed E-state index contributed by atoms with van der Waals surface area (Å²) >= 11 is 15.4. The summed E-state index contributed by atoms with van der Waals surface area (Å²) in [5, 5.41) is 10.6. The summed E-state index contributed by atoms with van der Waals surface area (Å²) in [5.41, 5.74) is 2.33. The highest BCUT2D eigenvalue weighted by molar-refractivity contribution is 9.08. The molecule has 17 heavy (non-hydrogen) atoms. The van der Waals surface area contributed by atoms with Gasteiger partial charge in [0.1, 0.15) is 16.9 Å². The zero-order valence-corrected chi connectivity index (χ0v) is 11.7. The molecule has 0 fully saturated rings. The molecule has 0 saturated carbocycles. The molecule has 0 amide bonds. The number of hydrogen-bond acceptors (Lipinski definition) is 1. The van der Waals surface area contributed by atoms with Gasteiger partial charge in [-0.3, -0.25) is 4.57 Å². The average Bonchev–Trinajstić information content (AvgIpc) is 2.63. The lowest BCUT2D eigenvalue weighted by molar-refractivity contribution is 1.05. The summed E-state index contributed by atoms with van der Waals surface area (Å²) < 4.78 is 1.63. The van der Waals surface area contributed by atoms with Crippen molar-refractivity contribution in [3.05, 3.63) is 51.8 Å². The molecule has 0 atom stereocenters. The van der Waals surface area contributed by atoms with Gasteiger partial charge < -0.3 is 0 Å². The molecule has 0 unspecified atom stereocenters. The molecule has 0 aliphatic carbocycles. The van der Waals surface area contributed by atoms with Crippen LogP contribution in [-0.2, 0) is 5.33 Å². The molecule has 0 aliphatic heterocycles. The molecule has 1 aromatic heterocycles. The molecule has 1 heterocycles. The Labute approximate surface area is 118 Å². The maximum Gasteiger partial charge on any atom is 0.144 e. The predicted octanol–water partition coefficient (Wildman–Crippen LogP) is 4.55. The fourth-order valence-corrected chi connectivity index (χ4v) is 2.49. The van der Waals surface area contributed by atoms with Crippen LogP contribution in [0.2, 0.25) is 10.2 Å². The van der Waals surface area contributed by atoms with E-state index in [2.05, 4.69) is 15.9 Å². The first-order valence-corrected chi connectivity index (χ1v) is 6.67. The van der Waals surface area contributed by atoms with Gasteiger partial charge in [0, 0.05) is 11.0 Å². The topological polar surface area (TPSA) is 28.7 Å². The normalized spacial score (nSPS) is 10.2. The molecule has 0 spiro atoms. The molecular formula is C12H7BrCl2N2. The Morgan fingerprint density at radius 3 is 2.41 bits per heavy atom. The Balaban J connectivity index is 2.56. The van der Waals surface area contributed by atoms with Crippen LogP contribution in [0.4, 0.5) is 0 Å². The van der Waals surface area contributed by atoms with Crippen molar-refractivity contribution >= 4 is 39.1 Å². The van der Waals surface area contributed by atoms with Gasteiger partial charge in [-0.15, -0.1) is 0 Å². The van der Waals surface area contributed by atoms with E-state index < -0.39 is 0 Å². The lowest BCUT2D eigenvalue weighted by atomic mass is 10.2. The van der Waals surface area contributed by atoms with Gasteiger partial charge in [0.05, 0.1) is 5.02 Å². The highest BCUT2D eigenvalue weighted by atomic mass is 79.9. The van der Waals surface area contributed by atoms with Gasteiger partial charge in [-0.2, -0.15) is 5.26 Å². The largest absolute Gasteiger partial charge is 0.290 e.